The van der Waals surface area contributed by atoms with E-state index in [4.69, 9.17) is 4.74 Å². The number of ether oxygens (including phenoxy) is 1. The molecule has 22 heavy (non-hydrogen) atoms. The van der Waals surface area contributed by atoms with Crippen LogP contribution in [0.15, 0.2) is 39.3 Å². The summed E-state index contributed by atoms with van der Waals surface area (Å²) < 4.78 is 6.54. The van der Waals surface area contributed by atoms with Gasteiger partial charge in [0.05, 0.1) is 11.6 Å². The standard InChI is InChI=1S/C16H11Br2NO3/c1-22-14-6-8(5-12(18)15(14)20)4-11-10-7-9(17)2-3-13(10)19-16(11)21/h2-7,20H,1H3,(H,19,21)/b11-4-. The molecule has 2 aromatic rings. The summed E-state index contributed by atoms with van der Waals surface area (Å²) in [5.74, 6) is 0.217. The highest BCUT2D eigenvalue weighted by Crippen LogP contribution is 2.38. The van der Waals surface area contributed by atoms with Crippen LogP contribution in [0.5, 0.6) is 11.5 Å². The maximum atomic E-state index is 12.2. The molecule has 0 fully saturated rings. The third kappa shape index (κ3) is 2.64. The molecule has 0 bridgehead atoms. The van der Waals surface area contributed by atoms with Crippen molar-refractivity contribution in [3.05, 3.63) is 50.4 Å². The van der Waals surface area contributed by atoms with Gasteiger partial charge in [0.1, 0.15) is 0 Å². The van der Waals surface area contributed by atoms with Gasteiger partial charge in [0.15, 0.2) is 11.5 Å². The second kappa shape index (κ2) is 5.78. The number of amides is 1. The number of rotatable bonds is 2. The second-order valence-corrected chi connectivity index (χ2v) is 6.53. The second-order valence-electron chi connectivity index (χ2n) is 4.76. The van der Waals surface area contributed by atoms with E-state index >= 15 is 0 Å². The van der Waals surface area contributed by atoms with Gasteiger partial charge in [0, 0.05) is 21.3 Å². The monoisotopic (exact) mass is 423 g/mol. The van der Waals surface area contributed by atoms with E-state index in [1.807, 2.05) is 18.2 Å². The van der Waals surface area contributed by atoms with Crippen molar-refractivity contribution in [3.8, 4) is 11.5 Å². The number of phenolic OH excluding ortho intramolecular Hbond substituents is 1. The van der Waals surface area contributed by atoms with Gasteiger partial charge in [-0.05, 0) is 57.9 Å². The van der Waals surface area contributed by atoms with E-state index in [-0.39, 0.29) is 11.7 Å². The van der Waals surface area contributed by atoms with Gasteiger partial charge >= 0.3 is 0 Å². The highest BCUT2D eigenvalue weighted by Gasteiger charge is 2.24. The van der Waals surface area contributed by atoms with E-state index in [1.165, 1.54) is 7.11 Å². The molecule has 1 heterocycles. The molecule has 0 radical (unpaired) electrons. The third-order valence-corrected chi connectivity index (χ3v) is 4.44. The van der Waals surface area contributed by atoms with Gasteiger partial charge in [-0.1, -0.05) is 15.9 Å². The Kier molecular flexibility index (Phi) is 3.97. The van der Waals surface area contributed by atoms with Crippen LogP contribution in [-0.4, -0.2) is 18.1 Å². The predicted octanol–water partition coefficient (Wildman–Crippen LogP) is 4.42. The quantitative estimate of drug-likeness (QED) is 0.701. The zero-order valence-corrected chi connectivity index (χ0v) is 14.7. The Hall–Kier alpha value is -1.79. The first-order valence-electron chi connectivity index (χ1n) is 6.39. The first-order chi connectivity index (χ1) is 10.5. The normalized spacial score (nSPS) is 14.9. The average Bonchev–Trinajstić information content (AvgIpc) is 2.78. The smallest absolute Gasteiger partial charge is 0.256 e. The SMILES string of the molecule is COc1cc(/C=C2\C(=O)Nc3ccc(Br)cc32)cc(Br)c1O. The lowest BCUT2D eigenvalue weighted by Crippen LogP contribution is -2.03. The summed E-state index contributed by atoms with van der Waals surface area (Å²) in [5, 5.41) is 12.7. The summed E-state index contributed by atoms with van der Waals surface area (Å²) in [6.07, 6.45) is 1.76. The molecule has 1 amide bonds. The predicted molar refractivity (Wildman–Crippen MR) is 93.0 cm³/mol. The minimum Gasteiger partial charge on any atom is -0.503 e. The molecule has 2 N–H and O–H groups in total. The highest BCUT2D eigenvalue weighted by atomic mass is 79.9. The van der Waals surface area contributed by atoms with Crippen LogP contribution >= 0.6 is 31.9 Å². The van der Waals surface area contributed by atoms with Gasteiger partial charge in [-0.3, -0.25) is 4.79 Å². The minimum atomic E-state index is -0.156. The van der Waals surface area contributed by atoms with Crippen LogP contribution < -0.4 is 10.1 Å². The lowest BCUT2D eigenvalue weighted by molar-refractivity contribution is -0.110. The van der Waals surface area contributed by atoms with E-state index < -0.39 is 0 Å². The topological polar surface area (TPSA) is 58.6 Å². The molecule has 4 nitrogen and oxygen atoms in total. The lowest BCUT2D eigenvalue weighted by Gasteiger charge is -2.07. The summed E-state index contributed by atoms with van der Waals surface area (Å²) in [5.41, 5.74) is 2.93. The van der Waals surface area contributed by atoms with Crippen LogP contribution in [-0.2, 0) is 4.79 Å². The molecule has 6 heteroatoms. The molecule has 1 aliphatic rings. The minimum absolute atomic E-state index is 0.0312. The molecule has 0 unspecified atom stereocenters. The number of hydrogen-bond acceptors (Lipinski definition) is 3. The summed E-state index contributed by atoms with van der Waals surface area (Å²) in [6, 6.07) is 9.03. The van der Waals surface area contributed by atoms with Crippen LogP contribution in [0.2, 0.25) is 0 Å². The average molecular weight is 425 g/mol. The van der Waals surface area contributed by atoms with Crippen molar-refractivity contribution in [2.24, 2.45) is 0 Å². The molecular formula is C16H11Br2NO3. The van der Waals surface area contributed by atoms with Gasteiger partial charge in [-0.2, -0.15) is 0 Å². The number of anilines is 1. The third-order valence-electron chi connectivity index (χ3n) is 3.35. The van der Waals surface area contributed by atoms with Gasteiger partial charge in [0.25, 0.3) is 5.91 Å². The molecule has 2 aromatic carbocycles. The molecule has 0 atom stereocenters. The molecule has 0 spiro atoms. The highest BCUT2D eigenvalue weighted by molar-refractivity contribution is 9.10. The molecule has 3 rings (SSSR count). The maximum Gasteiger partial charge on any atom is 0.256 e. The van der Waals surface area contributed by atoms with Gasteiger partial charge in [0.2, 0.25) is 0 Å². The largest absolute Gasteiger partial charge is 0.503 e. The number of hydrogen-bond donors (Lipinski definition) is 2. The fourth-order valence-electron chi connectivity index (χ4n) is 2.30. The van der Waals surface area contributed by atoms with Gasteiger partial charge in [-0.15, -0.1) is 0 Å². The molecular weight excluding hydrogens is 414 g/mol. The Labute approximate surface area is 144 Å². The van der Waals surface area contributed by atoms with Crippen LogP contribution in [0.4, 0.5) is 5.69 Å². The molecule has 0 aromatic heterocycles. The fourth-order valence-corrected chi connectivity index (χ4v) is 3.12. The number of phenols is 1. The molecule has 0 saturated heterocycles. The van der Waals surface area contributed by atoms with Crippen LogP contribution in [0.25, 0.3) is 11.6 Å². The van der Waals surface area contributed by atoms with E-state index in [2.05, 4.69) is 37.2 Å². The Balaban J connectivity index is 2.12. The summed E-state index contributed by atoms with van der Waals surface area (Å²) in [7, 11) is 1.48. The van der Waals surface area contributed by atoms with Crippen molar-refractivity contribution in [3.63, 3.8) is 0 Å². The lowest BCUT2D eigenvalue weighted by atomic mass is 10.0. The van der Waals surface area contributed by atoms with Crippen molar-refractivity contribution < 1.29 is 14.6 Å². The zero-order valence-electron chi connectivity index (χ0n) is 11.5. The van der Waals surface area contributed by atoms with Crippen molar-refractivity contribution in [1.29, 1.82) is 0 Å². The summed E-state index contributed by atoms with van der Waals surface area (Å²) in [6.45, 7) is 0. The molecule has 1 aliphatic heterocycles. The van der Waals surface area contributed by atoms with Crippen LogP contribution in [0, 0.1) is 0 Å². The number of nitrogens with one attached hydrogen (secondary N) is 1. The number of halogens is 2. The number of aromatic hydroxyl groups is 1. The number of benzene rings is 2. The Bertz CT molecular complexity index is 815. The first-order valence-corrected chi connectivity index (χ1v) is 7.97. The molecule has 0 aliphatic carbocycles. The number of fused-ring (bicyclic) bond motifs is 1. The van der Waals surface area contributed by atoms with Crippen molar-refractivity contribution in [2.45, 2.75) is 0 Å². The first kappa shape index (κ1) is 15.1. The van der Waals surface area contributed by atoms with Crippen LogP contribution in [0.3, 0.4) is 0 Å². The molecule has 0 saturated carbocycles. The van der Waals surface area contributed by atoms with E-state index in [9.17, 15) is 9.90 Å². The summed E-state index contributed by atoms with van der Waals surface area (Å²) >= 11 is 6.69. The van der Waals surface area contributed by atoms with E-state index in [0.29, 0.717) is 15.8 Å². The van der Waals surface area contributed by atoms with E-state index in [1.54, 1.807) is 18.2 Å². The van der Waals surface area contributed by atoms with Crippen molar-refractivity contribution >= 4 is 55.1 Å². The maximum absolute atomic E-state index is 12.2. The summed E-state index contributed by atoms with van der Waals surface area (Å²) in [4.78, 5) is 12.2. The van der Waals surface area contributed by atoms with Crippen LogP contribution in [0.1, 0.15) is 11.1 Å². The number of methoxy groups -OCH3 is 1. The number of carbonyl (C=O) groups excluding carboxylic acids is 1. The Morgan fingerprint density at radius 3 is 2.73 bits per heavy atom. The Morgan fingerprint density at radius 2 is 2.00 bits per heavy atom. The van der Waals surface area contributed by atoms with Crippen molar-refractivity contribution in [1.82, 2.24) is 0 Å². The van der Waals surface area contributed by atoms with Gasteiger partial charge < -0.3 is 15.2 Å². The molecule has 112 valence electrons. The van der Waals surface area contributed by atoms with Crippen molar-refractivity contribution in [2.75, 3.05) is 12.4 Å². The fraction of sp³-hybridized carbons (Fsp3) is 0.0625. The number of carbonyl (C=O) groups is 1. The van der Waals surface area contributed by atoms with E-state index in [0.717, 1.165) is 21.3 Å². The van der Waals surface area contributed by atoms with Gasteiger partial charge in [-0.25, -0.2) is 0 Å². The zero-order chi connectivity index (χ0) is 15.9. The Morgan fingerprint density at radius 1 is 1.23 bits per heavy atom.